The van der Waals surface area contributed by atoms with Crippen molar-refractivity contribution in [3.63, 3.8) is 0 Å². The third-order valence-electron chi connectivity index (χ3n) is 11.8. The largest absolute Gasteiger partial charge is 0.481 e. The number of rotatable bonds is 14. The fourth-order valence-corrected chi connectivity index (χ4v) is 9.20. The average Bonchev–Trinajstić information content (AvgIpc) is 3.34. The molecule has 0 aliphatic heterocycles. The topological polar surface area (TPSA) is 202 Å². The smallest absolute Gasteiger partial charge is 0.294 e. The number of H-pyrrole nitrogens is 2. The molecule has 16 heteroatoms. The summed E-state index contributed by atoms with van der Waals surface area (Å²) in [7, 11) is -3.84. The predicted octanol–water partition coefficient (Wildman–Crippen LogP) is 7.74. The highest BCUT2D eigenvalue weighted by Crippen LogP contribution is 2.34. The van der Waals surface area contributed by atoms with Crippen molar-refractivity contribution in [3.05, 3.63) is 176 Å². The SMILES string of the molecule is CS(=O)(=O)c1nc(C(=O)NC2CCC(c3ccccc3)CC2)c(OCc2ccccc2)c(=O)[nH]1.CSc1nc(C(=O)NC2CCC(c3ccccc3)CC2)c(OCc2ccccc2)c(=O)[nH]1. The van der Waals surface area contributed by atoms with E-state index in [1.54, 1.807) is 6.26 Å². The number of nitrogens with zero attached hydrogens (tertiary/aromatic N) is 2. The average molecular weight is 931 g/mol. The molecule has 2 aliphatic rings. The van der Waals surface area contributed by atoms with Crippen LogP contribution in [0.15, 0.2) is 141 Å². The van der Waals surface area contributed by atoms with Crippen molar-refractivity contribution >= 4 is 33.4 Å². The summed E-state index contributed by atoms with van der Waals surface area (Å²) in [5.74, 6) is -0.364. The van der Waals surface area contributed by atoms with E-state index < -0.39 is 32.0 Å². The Balaban J connectivity index is 0.000000197. The van der Waals surface area contributed by atoms with Gasteiger partial charge in [-0.1, -0.05) is 133 Å². The lowest BCUT2D eigenvalue weighted by Gasteiger charge is -2.29. The van der Waals surface area contributed by atoms with Gasteiger partial charge in [0.15, 0.2) is 16.5 Å². The highest BCUT2D eigenvalue weighted by Gasteiger charge is 2.29. The van der Waals surface area contributed by atoms with Gasteiger partial charge in [-0.2, -0.15) is 0 Å². The standard InChI is InChI=1S/C25H27N3O5S.C25H27N3O3S/c1-34(31,32)25-27-21(22(24(30)28-25)33-16-17-8-4-2-5-9-17)23(29)26-20-14-12-19(13-15-20)18-10-6-3-7-11-18;1-32-25-27-21(22(24(30)28-25)31-16-17-8-4-2-5-9-17)23(29)26-20-14-12-19(13-15-20)18-10-6-3-7-11-18/h2-11,19-20H,12-16H2,1H3,(H,26,29)(H,27,28,30);2-11,19-20H,12-16H2,1H3,(H,26,29)(H,27,28,30). The van der Waals surface area contributed by atoms with E-state index in [2.05, 4.69) is 67.0 Å². The number of benzene rings is 4. The van der Waals surface area contributed by atoms with Gasteiger partial charge < -0.3 is 20.1 Å². The maximum Gasteiger partial charge on any atom is 0.294 e. The zero-order valence-electron chi connectivity index (χ0n) is 36.9. The van der Waals surface area contributed by atoms with Gasteiger partial charge in [0.05, 0.1) is 0 Å². The second kappa shape index (κ2) is 22.6. The number of carbonyl (C=O) groups excluding carboxylic acids is 2. The number of carbonyl (C=O) groups is 2. The molecular weight excluding hydrogens is 877 g/mol. The monoisotopic (exact) mass is 930 g/mol. The molecule has 2 heterocycles. The third-order valence-corrected chi connectivity index (χ3v) is 13.3. The lowest BCUT2D eigenvalue weighted by molar-refractivity contribution is 0.0905. The molecule has 0 unspecified atom stereocenters. The first-order chi connectivity index (χ1) is 31.9. The molecule has 0 saturated heterocycles. The van der Waals surface area contributed by atoms with Crippen LogP contribution in [-0.4, -0.2) is 64.8 Å². The van der Waals surface area contributed by atoms with Crippen LogP contribution in [0.25, 0.3) is 0 Å². The van der Waals surface area contributed by atoms with E-state index in [1.807, 2.05) is 84.9 Å². The van der Waals surface area contributed by atoms with E-state index in [9.17, 15) is 27.6 Å². The molecule has 0 radical (unpaired) electrons. The van der Waals surface area contributed by atoms with Crippen molar-refractivity contribution in [3.8, 4) is 11.5 Å². The van der Waals surface area contributed by atoms with Crippen LogP contribution in [0, 0.1) is 0 Å². The predicted molar refractivity (Wildman–Crippen MR) is 254 cm³/mol. The van der Waals surface area contributed by atoms with Crippen molar-refractivity contribution in [2.75, 3.05) is 12.5 Å². The van der Waals surface area contributed by atoms with E-state index in [1.165, 1.54) is 22.9 Å². The van der Waals surface area contributed by atoms with Crippen LogP contribution >= 0.6 is 11.8 Å². The number of aromatic nitrogens is 4. The normalized spacial score (nSPS) is 18.2. The molecule has 66 heavy (non-hydrogen) atoms. The lowest BCUT2D eigenvalue weighted by atomic mass is 9.82. The molecular formula is C50H54N6O8S2. The van der Waals surface area contributed by atoms with Crippen molar-refractivity contribution in [2.24, 2.45) is 0 Å². The van der Waals surface area contributed by atoms with Gasteiger partial charge in [-0.25, -0.2) is 18.4 Å². The van der Waals surface area contributed by atoms with E-state index in [-0.39, 0.29) is 54.1 Å². The van der Waals surface area contributed by atoms with Crippen molar-refractivity contribution < 1.29 is 27.5 Å². The molecule has 2 amide bonds. The third kappa shape index (κ3) is 12.8. The number of aromatic amines is 2. The summed E-state index contributed by atoms with van der Waals surface area (Å²) >= 11 is 1.28. The van der Waals surface area contributed by atoms with Crippen LogP contribution in [0.4, 0.5) is 0 Å². The maximum atomic E-state index is 13.1. The van der Waals surface area contributed by atoms with E-state index in [0.717, 1.165) is 68.7 Å². The molecule has 2 aliphatic carbocycles. The van der Waals surface area contributed by atoms with Crippen molar-refractivity contribution in [2.45, 2.75) is 98.8 Å². The minimum atomic E-state index is -3.84. The second-order valence-electron chi connectivity index (χ2n) is 16.5. The summed E-state index contributed by atoms with van der Waals surface area (Å²) in [6.45, 7) is 0.221. The molecule has 0 bridgehead atoms. The van der Waals surface area contributed by atoms with Crippen LogP contribution in [0.3, 0.4) is 0 Å². The first-order valence-electron chi connectivity index (χ1n) is 22.0. The van der Waals surface area contributed by atoms with E-state index >= 15 is 0 Å². The van der Waals surface area contributed by atoms with Crippen LogP contribution in [0.5, 0.6) is 11.5 Å². The summed E-state index contributed by atoms with van der Waals surface area (Å²) in [6.07, 6.45) is 9.93. The van der Waals surface area contributed by atoms with Gasteiger partial charge in [0.1, 0.15) is 13.2 Å². The van der Waals surface area contributed by atoms with Crippen LogP contribution in [0.2, 0.25) is 0 Å². The number of hydrogen-bond donors (Lipinski definition) is 4. The summed E-state index contributed by atoms with van der Waals surface area (Å²) in [6, 6.07) is 39.4. The van der Waals surface area contributed by atoms with Crippen molar-refractivity contribution in [1.29, 1.82) is 0 Å². The zero-order chi connectivity index (χ0) is 46.5. The van der Waals surface area contributed by atoms with Gasteiger partial charge in [0, 0.05) is 18.3 Å². The minimum Gasteiger partial charge on any atom is -0.481 e. The fourth-order valence-electron chi connectivity index (χ4n) is 8.29. The van der Waals surface area contributed by atoms with Gasteiger partial charge in [0.25, 0.3) is 22.9 Å². The summed E-state index contributed by atoms with van der Waals surface area (Å²) in [5, 5.41) is 5.83. The van der Waals surface area contributed by atoms with Gasteiger partial charge in [-0.15, -0.1) is 0 Å². The Bertz CT molecular complexity index is 2780. The number of nitrogens with one attached hydrogen (secondary N) is 4. The molecule has 2 fully saturated rings. The molecule has 0 atom stereocenters. The Morgan fingerprint density at radius 2 is 0.970 bits per heavy atom. The summed E-state index contributed by atoms with van der Waals surface area (Å²) in [5.41, 5.74) is 2.80. The fraction of sp³-hybridized carbons (Fsp3) is 0.320. The Morgan fingerprint density at radius 3 is 1.36 bits per heavy atom. The Hall–Kier alpha value is -6.52. The summed E-state index contributed by atoms with van der Waals surface area (Å²) < 4.78 is 35.4. The van der Waals surface area contributed by atoms with Gasteiger partial charge >= 0.3 is 0 Å². The van der Waals surface area contributed by atoms with Gasteiger partial charge in [0.2, 0.25) is 26.5 Å². The van der Waals surface area contributed by atoms with Gasteiger partial charge in [-0.05, 0) is 91.7 Å². The first kappa shape index (κ1) is 47.4. The number of amides is 2. The molecule has 14 nitrogen and oxygen atoms in total. The summed E-state index contributed by atoms with van der Waals surface area (Å²) in [4.78, 5) is 64.7. The van der Waals surface area contributed by atoms with Crippen molar-refractivity contribution in [1.82, 2.24) is 30.6 Å². The Morgan fingerprint density at radius 1 is 0.591 bits per heavy atom. The van der Waals surface area contributed by atoms with Crippen LogP contribution in [0.1, 0.15) is 106 Å². The first-order valence-corrected chi connectivity index (χ1v) is 25.1. The molecule has 0 spiro atoms. The number of ether oxygens (including phenoxy) is 2. The highest BCUT2D eigenvalue weighted by atomic mass is 32.2. The number of hydrogen-bond acceptors (Lipinski definition) is 11. The number of thioether (sulfide) groups is 1. The minimum absolute atomic E-state index is 0.0340. The lowest BCUT2D eigenvalue weighted by Crippen LogP contribution is -2.39. The van der Waals surface area contributed by atoms with E-state index in [4.69, 9.17) is 9.47 Å². The van der Waals surface area contributed by atoms with Gasteiger partial charge in [-0.3, -0.25) is 29.1 Å². The Labute approximate surface area is 388 Å². The molecule has 4 N–H and O–H groups in total. The van der Waals surface area contributed by atoms with Crippen LogP contribution < -0.4 is 31.2 Å². The molecule has 2 aromatic heterocycles. The molecule has 6 aromatic rings. The second-order valence-corrected chi connectivity index (χ2v) is 19.2. The molecule has 4 aromatic carbocycles. The molecule has 344 valence electrons. The van der Waals surface area contributed by atoms with E-state index in [0.29, 0.717) is 17.0 Å². The van der Waals surface area contributed by atoms with Crippen LogP contribution in [-0.2, 0) is 23.1 Å². The number of sulfone groups is 1. The Kier molecular flexibility index (Phi) is 16.2. The maximum absolute atomic E-state index is 13.1. The zero-order valence-corrected chi connectivity index (χ0v) is 38.5. The highest BCUT2D eigenvalue weighted by molar-refractivity contribution is 7.98. The quantitative estimate of drug-likeness (QED) is 0.0615. The molecule has 2 saturated carbocycles. The molecule has 8 rings (SSSR count).